The Hall–Kier alpha value is 0.250. The minimum absolute atomic E-state index is 0.329. The lowest BCUT2D eigenvalue weighted by Crippen LogP contribution is -2.52. The highest BCUT2D eigenvalue weighted by Gasteiger charge is 2.57. The smallest absolute Gasteiger partial charge is 0.0776 e. The largest absolute Gasteiger partial charge is 0.357 e. The van der Waals surface area contributed by atoms with Crippen LogP contribution in [0.2, 0.25) is 0 Å². The first-order chi connectivity index (χ1) is 5.00. The zero-order valence-corrected chi connectivity index (χ0v) is 8.49. The third-order valence-electron chi connectivity index (χ3n) is 3.18. The van der Waals surface area contributed by atoms with Crippen molar-refractivity contribution < 1.29 is 5.73 Å². The number of alkyl halides is 1. The number of halogens is 1. The number of hydrogen-bond acceptors (Lipinski definition) is 0. The molecule has 11 heavy (non-hydrogen) atoms. The monoisotopic (exact) mass is 176 g/mol. The molecular weight excluding hydrogens is 158 g/mol. The van der Waals surface area contributed by atoms with Crippen molar-refractivity contribution in [1.29, 1.82) is 0 Å². The van der Waals surface area contributed by atoms with E-state index in [4.69, 9.17) is 11.6 Å². The molecule has 1 aliphatic carbocycles. The molecule has 1 fully saturated rings. The van der Waals surface area contributed by atoms with Crippen LogP contribution in [-0.4, -0.2) is 11.9 Å². The van der Waals surface area contributed by atoms with Crippen LogP contribution in [0.3, 0.4) is 0 Å². The van der Waals surface area contributed by atoms with Crippen molar-refractivity contribution in [1.82, 2.24) is 0 Å². The molecule has 0 unspecified atom stereocenters. The molecule has 66 valence electrons. The summed E-state index contributed by atoms with van der Waals surface area (Å²) in [5.41, 5.74) is 4.48. The van der Waals surface area contributed by atoms with Gasteiger partial charge in [0.1, 0.15) is 0 Å². The van der Waals surface area contributed by atoms with Gasteiger partial charge in [-0.3, -0.25) is 0 Å². The zero-order valence-electron chi connectivity index (χ0n) is 7.73. The van der Waals surface area contributed by atoms with Crippen molar-refractivity contribution >= 4 is 11.6 Å². The quantitative estimate of drug-likeness (QED) is 0.632. The van der Waals surface area contributed by atoms with E-state index in [1.165, 1.54) is 0 Å². The number of rotatable bonds is 3. The average molecular weight is 177 g/mol. The van der Waals surface area contributed by atoms with Crippen LogP contribution >= 0.6 is 11.6 Å². The lowest BCUT2D eigenvalue weighted by Gasteiger charge is -2.02. The predicted molar refractivity (Wildman–Crippen MR) is 48.4 cm³/mol. The van der Waals surface area contributed by atoms with Gasteiger partial charge in [-0.05, 0) is 24.7 Å². The van der Waals surface area contributed by atoms with Crippen LogP contribution in [0, 0.1) is 17.3 Å². The van der Waals surface area contributed by atoms with E-state index in [1.54, 1.807) is 0 Å². The maximum absolute atomic E-state index is 5.94. The van der Waals surface area contributed by atoms with Crippen LogP contribution in [0.4, 0.5) is 0 Å². The highest BCUT2D eigenvalue weighted by atomic mass is 35.5. The van der Waals surface area contributed by atoms with Gasteiger partial charge in [0.25, 0.3) is 0 Å². The van der Waals surface area contributed by atoms with Crippen LogP contribution in [0.5, 0.6) is 0 Å². The second-order valence-electron chi connectivity index (χ2n) is 4.34. The molecule has 0 bridgehead atoms. The minimum atomic E-state index is 0.329. The van der Waals surface area contributed by atoms with Gasteiger partial charge in [0.05, 0.1) is 6.54 Å². The van der Waals surface area contributed by atoms with E-state index in [9.17, 15) is 0 Å². The Morgan fingerprint density at radius 2 is 2.00 bits per heavy atom. The maximum Gasteiger partial charge on any atom is 0.0776 e. The Bertz CT molecular complexity index is 142. The molecule has 1 saturated carbocycles. The van der Waals surface area contributed by atoms with Gasteiger partial charge >= 0.3 is 0 Å². The van der Waals surface area contributed by atoms with Crippen LogP contribution in [0.15, 0.2) is 0 Å². The lowest BCUT2D eigenvalue weighted by molar-refractivity contribution is -0.374. The van der Waals surface area contributed by atoms with Crippen LogP contribution < -0.4 is 5.73 Å². The van der Waals surface area contributed by atoms with E-state index in [1.807, 2.05) is 0 Å². The summed E-state index contributed by atoms with van der Waals surface area (Å²) in [5, 5.41) is 0.329. The van der Waals surface area contributed by atoms with Crippen molar-refractivity contribution in [3.63, 3.8) is 0 Å². The molecule has 0 aromatic rings. The number of quaternary nitrogens is 1. The molecule has 0 spiro atoms. The molecule has 0 amide bonds. The van der Waals surface area contributed by atoms with Gasteiger partial charge in [-0.1, -0.05) is 13.8 Å². The fourth-order valence-corrected chi connectivity index (χ4v) is 2.44. The van der Waals surface area contributed by atoms with Crippen LogP contribution in [0.1, 0.15) is 27.2 Å². The van der Waals surface area contributed by atoms with E-state index in [0.29, 0.717) is 10.8 Å². The first kappa shape index (κ1) is 9.34. The summed E-state index contributed by atoms with van der Waals surface area (Å²) in [5.74, 6) is 1.65. The summed E-state index contributed by atoms with van der Waals surface area (Å²) in [4.78, 5) is 0. The molecule has 1 rings (SSSR count). The van der Waals surface area contributed by atoms with Crippen molar-refractivity contribution in [3.05, 3.63) is 0 Å². The van der Waals surface area contributed by atoms with Crippen molar-refractivity contribution in [3.8, 4) is 0 Å². The lowest BCUT2D eigenvalue weighted by atomic mass is 10.1. The molecule has 0 aromatic carbocycles. The first-order valence-electron chi connectivity index (χ1n) is 4.43. The summed E-state index contributed by atoms with van der Waals surface area (Å²) in [6, 6.07) is 0. The van der Waals surface area contributed by atoms with Gasteiger partial charge in [0.15, 0.2) is 0 Å². The third-order valence-corrected chi connectivity index (χ3v) is 3.36. The molecule has 1 nitrogen and oxygen atoms in total. The Morgan fingerprint density at radius 3 is 2.27 bits per heavy atom. The summed E-state index contributed by atoms with van der Waals surface area (Å²) in [7, 11) is 0. The second kappa shape index (κ2) is 2.95. The second-order valence-corrected chi connectivity index (χ2v) is 5.08. The van der Waals surface area contributed by atoms with Crippen molar-refractivity contribution in [2.75, 3.05) is 6.54 Å². The fourth-order valence-electron chi connectivity index (χ4n) is 2.25. The summed E-state index contributed by atoms with van der Waals surface area (Å²) in [6.07, 6.45) is 1.16. The van der Waals surface area contributed by atoms with Gasteiger partial charge in [-0.25, -0.2) is 0 Å². The SMILES string of the molecule is C[C@@H](Cl)C[C@H]1[C@H](C[NH3+])C1(C)C. The first-order valence-corrected chi connectivity index (χ1v) is 4.87. The van der Waals surface area contributed by atoms with E-state index in [-0.39, 0.29) is 0 Å². The Morgan fingerprint density at radius 1 is 1.45 bits per heavy atom. The molecule has 0 radical (unpaired) electrons. The molecule has 0 heterocycles. The van der Waals surface area contributed by atoms with E-state index >= 15 is 0 Å². The van der Waals surface area contributed by atoms with Gasteiger partial charge < -0.3 is 5.73 Å². The fraction of sp³-hybridized carbons (Fsp3) is 1.00. The number of hydrogen-bond donors (Lipinski definition) is 1. The predicted octanol–water partition coefficient (Wildman–Crippen LogP) is 1.52. The average Bonchev–Trinajstić information content (AvgIpc) is 2.33. The molecule has 3 N–H and O–H groups in total. The van der Waals surface area contributed by atoms with Gasteiger partial charge in [-0.2, -0.15) is 0 Å². The molecule has 3 atom stereocenters. The third kappa shape index (κ3) is 1.70. The molecular formula is C9H19ClN+. The van der Waals surface area contributed by atoms with Crippen molar-refractivity contribution in [2.45, 2.75) is 32.6 Å². The molecule has 0 aliphatic heterocycles. The molecule has 2 heteroatoms. The summed E-state index contributed by atoms with van der Waals surface area (Å²) >= 11 is 5.94. The normalized spacial score (nSPS) is 36.8. The molecule has 0 saturated heterocycles. The topological polar surface area (TPSA) is 27.6 Å². The Kier molecular flexibility index (Phi) is 2.50. The molecule has 1 aliphatic rings. The van der Waals surface area contributed by atoms with E-state index < -0.39 is 0 Å². The molecule has 0 aromatic heterocycles. The minimum Gasteiger partial charge on any atom is -0.357 e. The summed E-state index contributed by atoms with van der Waals surface area (Å²) < 4.78 is 0. The highest BCUT2D eigenvalue weighted by Crippen LogP contribution is 2.59. The Labute approximate surface area is 74.3 Å². The standard InChI is InChI=1S/C9H18ClN/c1-6(10)4-7-8(5-11)9(7,2)3/h6-8H,4-5,11H2,1-3H3/p+1/t6-,7+,8+/m1/s1. The van der Waals surface area contributed by atoms with Gasteiger partial charge in [0, 0.05) is 11.3 Å². The Balaban J connectivity index is 2.39. The van der Waals surface area contributed by atoms with Crippen molar-refractivity contribution in [2.24, 2.45) is 17.3 Å². The van der Waals surface area contributed by atoms with Gasteiger partial charge in [-0.15, -0.1) is 11.6 Å². The highest BCUT2D eigenvalue weighted by molar-refractivity contribution is 6.20. The zero-order chi connectivity index (χ0) is 8.65. The maximum atomic E-state index is 5.94. The van der Waals surface area contributed by atoms with Crippen LogP contribution in [0.25, 0.3) is 0 Å². The summed E-state index contributed by atoms with van der Waals surface area (Å²) in [6.45, 7) is 7.80. The van der Waals surface area contributed by atoms with Crippen LogP contribution in [-0.2, 0) is 0 Å². The van der Waals surface area contributed by atoms with Gasteiger partial charge in [0.2, 0.25) is 0 Å². The van der Waals surface area contributed by atoms with E-state index in [0.717, 1.165) is 24.8 Å². The van der Waals surface area contributed by atoms with E-state index in [2.05, 4.69) is 26.5 Å².